The van der Waals surface area contributed by atoms with Crippen LogP contribution in [0.4, 0.5) is 0 Å². The van der Waals surface area contributed by atoms with E-state index in [0.717, 1.165) is 11.4 Å². The van der Waals surface area contributed by atoms with Gasteiger partial charge < -0.3 is 15.2 Å². The average Bonchev–Trinajstić information content (AvgIpc) is 2.32. The zero-order chi connectivity index (χ0) is 12.7. The van der Waals surface area contributed by atoms with Crippen molar-refractivity contribution < 1.29 is 14.3 Å². The van der Waals surface area contributed by atoms with Gasteiger partial charge >= 0.3 is 5.97 Å². The van der Waals surface area contributed by atoms with Crippen molar-refractivity contribution in [3.63, 3.8) is 0 Å². The number of nitrogens with two attached hydrogens (primary N) is 1. The summed E-state index contributed by atoms with van der Waals surface area (Å²) in [4.78, 5) is 15.3. The second-order valence-electron chi connectivity index (χ2n) is 3.61. The Bertz CT molecular complexity index is 380. The Balaban J connectivity index is 2.60. The third-order valence-electron chi connectivity index (χ3n) is 2.24. The molecule has 0 aliphatic carbocycles. The summed E-state index contributed by atoms with van der Waals surface area (Å²) in [6.07, 6.45) is 0.891. The Hall–Kier alpha value is -1.62. The zero-order valence-electron chi connectivity index (χ0n) is 10.2. The van der Waals surface area contributed by atoms with E-state index in [1.165, 1.54) is 7.11 Å². The van der Waals surface area contributed by atoms with E-state index in [2.05, 4.69) is 9.72 Å². The van der Waals surface area contributed by atoms with E-state index < -0.39 is 0 Å². The maximum absolute atomic E-state index is 10.9. The Morgan fingerprint density at radius 2 is 2.24 bits per heavy atom. The molecule has 0 aromatic carbocycles. The van der Waals surface area contributed by atoms with Crippen LogP contribution in [-0.4, -0.2) is 31.2 Å². The fourth-order valence-corrected chi connectivity index (χ4v) is 1.39. The molecule has 0 radical (unpaired) electrons. The van der Waals surface area contributed by atoms with Crippen LogP contribution in [0.1, 0.15) is 17.8 Å². The summed E-state index contributed by atoms with van der Waals surface area (Å²) < 4.78 is 10.0. The second kappa shape index (κ2) is 6.85. The van der Waals surface area contributed by atoms with Crippen molar-refractivity contribution in [3.05, 3.63) is 23.5 Å². The van der Waals surface area contributed by atoms with Gasteiger partial charge in [0.15, 0.2) is 0 Å². The molecule has 0 spiro atoms. The zero-order valence-corrected chi connectivity index (χ0v) is 10.2. The number of hydrogen-bond donors (Lipinski definition) is 1. The predicted molar refractivity (Wildman–Crippen MR) is 63.9 cm³/mol. The third-order valence-corrected chi connectivity index (χ3v) is 2.24. The smallest absolute Gasteiger partial charge is 0.308 e. The maximum Gasteiger partial charge on any atom is 0.308 e. The Morgan fingerprint density at radius 3 is 2.88 bits per heavy atom. The standard InChI is InChI=1S/C12H18N2O3/c1-9-3-4-11(10(14-9)5-7-13)17-8-6-12(15)16-2/h3-4H,5-8,13H2,1-2H3. The number of methoxy groups -OCH3 is 1. The molecule has 2 N–H and O–H groups in total. The summed E-state index contributed by atoms with van der Waals surface area (Å²) in [7, 11) is 1.36. The van der Waals surface area contributed by atoms with Crippen LogP contribution in [0.2, 0.25) is 0 Å². The minimum absolute atomic E-state index is 0.229. The van der Waals surface area contributed by atoms with Gasteiger partial charge in [0.2, 0.25) is 0 Å². The molecule has 17 heavy (non-hydrogen) atoms. The second-order valence-corrected chi connectivity index (χ2v) is 3.61. The minimum Gasteiger partial charge on any atom is -0.491 e. The van der Waals surface area contributed by atoms with Crippen LogP contribution in [0.5, 0.6) is 5.75 Å². The van der Waals surface area contributed by atoms with Crippen molar-refractivity contribution in [2.24, 2.45) is 5.73 Å². The molecule has 94 valence electrons. The highest BCUT2D eigenvalue weighted by atomic mass is 16.5. The van der Waals surface area contributed by atoms with E-state index >= 15 is 0 Å². The van der Waals surface area contributed by atoms with Crippen LogP contribution in [0.25, 0.3) is 0 Å². The molecular formula is C12H18N2O3. The van der Waals surface area contributed by atoms with Crippen LogP contribution in [0, 0.1) is 6.92 Å². The quantitative estimate of drug-likeness (QED) is 0.743. The predicted octanol–water partition coefficient (Wildman–Crippen LogP) is 0.833. The number of ether oxygens (including phenoxy) is 2. The van der Waals surface area contributed by atoms with Gasteiger partial charge in [0, 0.05) is 12.1 Å². The first-order chi connectivity index (χ1) is 8.17. The number of pyridine rings is 1. The molecular weight excluding hydrogens is 220 g/mol. The fraction of sp³-hybridized carbons (Fsp3) is 0.500. The van der Waals surface area contributed by atoms with Crippen molar-refractivity contribution in [2.75, 3.05) is 20.3 Å². The van der Waals surface area contributed by atoms with Crippen molar-refractivity contribution in [1.82, 2.24) is 4.98 Å². The van der Waals surface area contributed by atoms with Gasteiger partial charge in [0.1, 0.15) is 5.75 Å². The van der Waals surface area contributed by atoms with Gasteiger partial charge in [0.25, 0.3) is 0 Å². The van der Waals surface area contributed by atoms with Gasteiger partial charge in [-0.05, 0) is 25.6 Å². The van der Waals surface area contributed by atoms with Gasteiger partial charge in [-0.15, -0.1) is 0 Å². The molecule has 0 aliphatic heterocycles. The number of nitrogens with zero attached hydrogens (tertiary/aromatic N) is 1. The topological polar surface area (TPSA) is 74.4 Å². The highest BCUT2D eigenvalue weighted by molar-refractivity contribution is 5.69. The molecule has 1 rings (SSSR count). The number of aryl methyl sites for hydroxylation is 1. The van der Waals surface area contributed by atoms with Crippen LogP contribution < -0.4 is 10.5 Å². The summed E-state index contributed by atoms with van der Waals surface area (Å²) in [6.45, 7) is 2.72. The van der Waals surface area contributed by atoms with Crippen LogP contribution in [0.3, 0.4) is 0 Å². The van der Waals surface area contributed by atoms with E-state index in [0.29, 0.717) is 18.7 Å². The van der Waals surface area contributed by atoms with Crippen molar-refractivity contribution in [3.8, 4) is 5.75 Å². The summed E-state index contributed by atoms with van der Waals surface area (Å²) in [5.41, 5.74) is 7.26. The largest absolute Gasteiger partial charge is 0.491 e. The van der Waals surface area contributed by atoms with Crippen LogP contribution in [-0.2, 0) is 16.0 Å². The summed E-state index contributed by atoms with van der Waals surface area (Å²) in [6, 6.07) is 3.72. The molecule has 0 aliphatic rings. The van der Waals surface area contributed by atoms with E-state index in [4.69, 9.17) is 10.5 Å². The maximum atomic E-state index is 10.9. The molecule has 0 atom stereocenters. The first kappa shape index (κ1) is 13.4. The lowest BCUT2D eigenvalue weighted by atomic mass is 10.2. The Kier molecular flexibility index (Phi) is 5.42. The normalized spacial score (nSPS) is 10.1. The number of rotatable bonds is 6. The highest BCUT2D eigenvalue weighted by Gasteiger charge is 2.06. The van der Waals surface area contributed by atoms with Crippen molar-refractivity contribution >= 4 is 5.97 Å². The molecule has 5 nitrogen and oxygen atoms in total. The van der Waals surface area contributed by atoms with Crippen molar-refractivity contribution in [2.45, 2.75) is 19.8 Å². The molecule has 0 saturated heterocycles. The first-order valence-corrected chi connectivity index (χ1v) is 5.53. The fourth-order valence-electron chi connectivity index (χ4n) is 1.39. The lowest BCUT2D eigenvalue weighted by Crippen LogP contribution is -2.11. The van der Waals surface area contributed by atoms with Gasteiger partial charge in [-0.2, -0.15) is 0 Å². The van der Waals surface area contributed by atoms with Crippen LogP contribution in [0.15, 0.2) is 12.1 Å². The molecule has 0 saturated carbocycles. The van der Waals surface area contributed by atoms with E-state index in [-0.39, 0.29) is 19.0 Å². The van der Waals surface area contributed by atoms with E-state index in [1.54, 1.807) is 0 Å². The molecule has 0 amide bonds. The molecule has 1 aromatic rings. The number of carbonyl (C=O) groups excluding carboxylic acids is 1. The van der Waals surface area contributed by atoms with Gasteiger partial charge in [0.05, 0.1) is 25.8 Å². The Morgan fingerprint density at radius 1 is 1.47 bits per heavy atom. The lowest BCUT2D eigenvalue weighted by Gasteiger charge is -2.10. The molecule has 5 heteroatoms. The molecule has 1 aromatic heterocycles. The third kappa shape index (κ3) is 4.40. The lowest BCUT2D eigenvalue weighted by molar-refractivity contribution is -0.141. The number of hydrogen-bond acceptors (Lipinski definition) is 5. The summed E-state index contributed by atoms with van der Waals surface area (Å²) in [5.74, 6) is 0.399. The van der Waals surface area contributed by atoms with Gasteiger partial charge in [-0.25, -0.2) is 0 Å². The summed E-state index contributed by atoms with van der Waals surface area (Å²) >= 11 is 0. The summed E-state index contributed by atoms with van der Waals surface area (Å²) in [5, 5.41) is 0. The van der Waals surface area contributed by atoms with E-state index in [9.17, 15) is 4.79 Å². The molecule has 0 bridgehead atoms. The van der Waals surface area contributed by atoms with Crippen molar-refractivity contribution in [1.29, 1.82) is 0 Å². The number of esters is 1. The first-order valence-electron chi connectivity index (χ1n) is 5.53. The minimum atomic E-state index is -0.287. The monoisotopic (exact) mass is 238 g/mol. The molecule has 0 fully saturated rings. The number of carbonyl (C=O) groups is 1. The van der Waals surface area contributed by atoms with Gasteiger partial charge in [-0.3, -0.25) is 9.78 Å². The Labute approximate surface area is 101 Å². The van der Waals surface area contributed by atoms with Crippen LogP contribution >= 0.6 is 0 Å². The molecule has 1 heterocycles. The molecule has 0 unspecified atom stereocenters. The number of aromatic nitrogens is 1. The van der Waals surface area contributed by atoms with E-state index in [1.807, 2.05) is 19.1 Å². The average molecular weight is 238 g/mol. The van der Waals surface area contributed by atoms with Gasteiger partial charge in [-0.1, -0.05) is 0 Å². The highest BCUT2D eigenvalue weighted by Crippen LogP contribution is 2.17. The SMILES string of the molecule is COC(=O)CCOc1ccc(C)nc1CCN.